The largest absolute Gasteiger partial charge is 0.389 e. The highest BCUT2D eigenvalue weighted by Crippen LogP contribution is 2.23. The highest BCUT2D eigenvalue weighted by Gasteiger charge is 2.25. The van der Waals surface area contributed by atoms with Gasteiger partial charge < -0.3 is 0 Å². The molecule has 0 amide bonds. The molecule has 84 valence electrons. The number of alkyl halides is 3. The summed E-state index contributed by atoms with van der Waals surface area (Å²) in [6.07, 6.45) is -3.06. The van der Waals surface area contributed by atoms with Crippen LogP contribution < -0.4 is 0 Å². The van der Waals surface area contributed by atoms with Crippen LogP contribution in [0, 0.1) is 6.92 Å². The fourth-order valence-electron chi connectivity index (χ4n) is 0.962. The summed E-state index contributed by atoms with van der Waals surface area (Å²) in [5.74, 6) is 0.695. The zero-order chi connectivity index (χ0) is 11.3. The van der Waals surface area contributed by atoms with E-state index in [1.165, 1.54) is 11.8 Å². The Morgan fingerprint density at radius 1 is 1.33 bits per heavy atom. The van der Waals surface area contributed by atoms with Gasteiger partial charge in [0.25, 0.3) is 0 Å². The Kier molecular flexibility index (Phi) is 4.45. The fraction of sp³-hybridized carbons (Fsp3) is 0.500. The zero-order valence-electron chi connectivity index (χ0n) is 8.34. The third kappa shape index (κ3) is 5.67. The number of aromatic nitrogens is 1. The lowest BCUT2D eigenvalue weighted by Crippen LogP contribution is -2.08. The van der Waals surface area contributed by atoms with Gasteiger partial charge in [-0.3, -0.25) is 4.98 Å². The molecule has 0 aliphatic heterocycles. The summed E-state index contributed by atoms with van der Waals surface area (Å²) in [6.45, 7) is 1.88. The number of hydrogen-bond acceptors (Lipinski definition) is 2. The summed E-state index contributed by atoms with van der Waals surface area (Å²) < 4.78 is 35.4. The van der Waals surface area contributed by atoms with E-state index in [1.54, 1.807) is 6.20 Å². The van der Waals surface area contributed by atoms with Gasteiger partial charge in [0, 0.05) is 23.4 Å². The molecule has 0 spiro atoms. The molecule has 0 saturated heterocycles. The van der Waals surface area contributed by atoms with Crippen molar-refractivity contribution >= 4 is 11.8 Å². The van der Waals surface area contributed by atoms with Crippen LogP contribution in [0.25, 0.3) is 0 Å². The Morgan fingerprint density at radius 2 is 2.07 bits per heavy atom. The minimum absolute atomic E-state index is 0.109. The zero-order valence-corrected chi connectivity index (χ0v) is 9.16. The Bertz CT molecular complexity index is 295. The van der Waals surface area contributed by atoms with E-state index < -0.39 is 12.6 Å². The van der Waals surface area contributed by atoms with Crippen molar-refractivity contribution in [1.82, 2.24) is 4.98 Å². The van der Waals surface area contributed by atoms with Crippen molar-refractivity contribution in [3.8, 4) is 0 Å². The number of pyridine rings is 1. The Labute approximate surface area is 91.1 Å². The van der Waals surface area contributed by atoms with E-state index in [0.717, 1.165) is 11.3 Å². The Morgan fingerprint density at radius 3 is 2.60 bits per heavy atom. The minimum Gasteiger partial charge on any atom is -0.261 e. The van der Waals surface area contributed by atoms with Crippen LogP contribution >= 0.6 is 11.8 Å². The standard InChI is InChI=1S/C10H12F3NS/c1-8-2-3-9(6-14-8)7-15-5-4-10(11,12)13/h2-3,6H,4-5,7H2,1H3. The number of aryl methyl sites for hydroxylation is 1. The smallest absolute Gasteiger partial charge is 0.261 e. The third-order valence-corrected chi connectivity index (χ3v) is 2.80. The van der Waals surface area contributed by atoms with Crippen molar-refractivity contribution < 1.29 is 13.2 Å². The summed E-state index contributed by atoms with van der Waals surface area (Å²) in [7, 11) is 0. The van der Waals surface area contributed by atoms with Crippen LogP contribution in [-0.2, 0) is 5.75 Å². The summed E-state index contributed by atoms with van der Waals surface area (Å²) in [5.41, 5.74) is 1.88. The van der Waals surface area contributed by atoms with Crippen LogP contribution in [0.15, 0.2) is 18.3 Å². The first-order valence-electron chi connectivity index (χ1n) is 4.53. The maximum absolute atomic E-state index is 11.8. The highest BCUT2D eigenvalue weighted by atomic mass is 32.2. The maximum atomic E-state index is 11.8. The second kappa shape index (κ2) is 5.39. The third-order valence-electron chi connectivity index (χ3n) is 1.77. The molecule has 5 heteroatoms. The molecule has 0 aliphatic rings. The van der Waals surface area contributed by atoms with E-state index in [4.69, 9.17) is 0 Å². The number of hydrogen-bond donors (Lipinski definition) is 0. The van der Waals surface area contributed by atoms with Gasteiger partial charge in [-0.25, -0.2) is 0 Å². The van der Waals surface area contributed by atoms with Gasteiger partial charge in [0.2, 0.25) is 0 Å². The second-order valence-corrected chi connectivity index (χ2v) is 4.33. The van der Waals surface area contributed by atoms with E-state index in [0.29, 0.717) is 5.75 Å². The molecule has 1 heterocycles. The van der Waals surface area contributed by atoms with Crippen molar-refractivity contribution in [3.63, 3.8) is 0 Å². The summed E-state index contributed by atoms with van der Waals surface area (Å²) in [6, 6.07) is 3.75. The van der Waals surface area contributed by atoms with Gasteiger partial charge in [0.15, 0.2) is 0 Å². The van der Waals surface area contributed by atoms with Gasteiger partial charge in [-0.2, -0.15) is 24.9 Å². The van der Waals surface area contributed by atoms with Crippen LogP contribution in [0.2, 0.25) is 0 Å². The molecule has 0 aliphatic carbocycles. The Balaban J connectivity index is 2.23. The minimum atomic E-state index is -4.04. The first-order chi connectivity index (χ1) is 6.97. The monoisotopic (exact) mass is 235 g/mol. The topological polar surface area (TPSA) is 12.9 Å². The molecule has 1 aromatic heterocycles. The van der Waals surface area contributed by atoms with Gasteiger partial charge in [0.05, 0.1) is 6.42 Å². The molecule has 1 nitrogen and oxygen atoms in total. The van der Waals surface area contributed by atoms with E-state index in [2.05, 4.69) is 4.98 Å². The Hall–Kier alpha value is -0.710. The SMILES string of the molecule is Cc1ccc(CSCCC(F)(F)F)cn1. The molecule has 1 aromatic rings. The molecule has 0 fully saturated rings. The normalized spacial score (nSPS) is 11.7. The first-order valence-corrected chi connectivity index (χ1v) is 5.69. The molecule has 0 saturated carbocycles. The van der Waals surface area contributed by atoms with Gasteiger partial charge in [-0.1, -0.05) is 6.07 Å². The molecule has 0 N–H and O–H groups in total. The maximum Gasteiger partial charge on any atom is 0.389 e. The number of nitrogens with zero attached hydrogens (tertiary/aromatic N) is 1. The van der Waals surface area contributed by atoms with E-state index in [9.17, 15) is 13.2 Å². The van der Waals surface area contributed by atoms with Crippen molar-refractivity contribution in [2.75, 3.05) is 5.75 Å². The first kappa shape index (κ1) is 12.4. The number of rotatable bonds is 4. The van der Waals surface area contributed by atoms with Crippen LogP contribution in [0.1, 0.15) is 17.7 Å². The molecule has 0 radical (unpaired) electrons. The van der Waals surface area contributed by atoms with Gasteiger partial charge in [0.1, 0.15) is 0 Å². The molecule has 0 aromatic carbocycles. The average Bonchev–Trinajstić information content (AvgIpc) is 2.14. The lowest BCUT2D eigenvalue weighted by atomic mass is 10.3. The van der Waals surface area contributed by atoms with E-state index in [-0.39, 0.29) is 5.75 Å². The van der Waals surface area contributed by atoms with Gasteiger partial charge >= 0.3 is 6.18 Å². The fourth-order valence-corrected chi connectivity index (χ4v) is 1.89. The van der Waals surface area contributed by atoms with Crippen molar-refractivity contribution in [3.05, 3.63) is 29.6 Å². The summed E-state index contributed by atoms with van der Waals surface area (Å²) in [5, 5.41) is 0. The van der Waals surface area contributed by atoms with Crippen LogP contribution in [-0.4, -0.2) is 16.9 Å². The van der Waals surface area contributed by atoms with Crippen LogP contribution in [0.3, 0.4) is 0 Å². The van der Waals surface area contributed by atoms with Gasteiger partial charge in [-0.05, 0) is 18.6 Å². The van der Waals surface area contributed by atoms with Crippen LogP contribution in [0.5, 0.6) is 0 Å². The lowest BCUT2D eigenvalue weighted by Gasteiger charge is -2.05. The predicted molar refractivity (Wildman–Crippen MR) is 55.8 cm³/mol. The molecular weight excluding hydrogens is 223 g/mol. The molecule has 0 bridgehead atoms. The summed E-state index contributed by atoms with van der Waals surface area (Å²) in [4.78, 5) is 4.07. The predicted octanol–water partition coefficient (Wildman–Crippen LogP) is 3.58. The molecule has 15 heavy (non-hydrogen) atoms. The van der Waals surface area contributed by atoms with Crippen molar-refractivity contribution in [2.45, 2.75) is 25.3 Å². The lowest BCUT2D eigenvalue weighted by molar-refractivity contribution is -0.129. The van der Waals surface area contributed by atoms with Crippen LogP contribution in [0.4, 0.5) is 13.2 Å². The summed E-state index contributed by atoms with van der Waals surface area (Å²) >= 11 is 1.28. The molecular formula is C10H12F3NS. The van der Waals surface area contributed by atoms with Crippen molar-refractivity contribution in [1.29, 1.82) is 0 Å². The van der Waals surface area contributed by atoms with E-state index >= 15 is 0 Å². The quantitative estimate of drug-likeness (QED) is 0.740. The molecule has 0 atom stereocenters. The van der Waals surface area contributed by atoms with E-state index in [1.807, 2.05) is 19.1 Å². The number of halogens is 3. The number of thioether (sulfide) groups is 1. The molecule has 0 unspecified atom stereocenters. The van der Waals surface area contributed by atoms with Gasteiger partial charge in [-0.15, -0.1) is 0 Å². The highest BCUT2D eigenvalue weighted by molar-refractivity contribution is 7.98. The van der Waals surface area contributed by atoms with Crippen molar-refractivity contribution in [2.24, 2.45) is 0 Å². The molecule has 1 rings (SSSR count). The average molecular weight is 235 g/mol. The second-order valence-electron chi connectivity index (χ2n) is 3.23.